The number of pyridine rings is 1. The van der Waals surface area contributed by atoms with Crippen LogP contribution < -0.4 is 9.47 Å². The molecule has 5 nitrogen and oxygen atoms in total. The number of hydrogen-bond donors (Lipinski definition) is 0. The highest BCUT2D eigenvalue weighted by molar-refractivity contribution is 5.81. The minimum Gasteiger partial charge on any atom is -0.497 e. The SMILES string of the molecule is COc1ccc2cc(CN(C)C[C@@H]3CCN(C)C3)c(OC)nc2c1. The van der Waals surface area contributed by atoms with Gasteiger partial charge in [-0.1, -0.05) is 0 Å². The third-order valence-corrected chi connectivity index (χ3v) is 4.76. The van der Waals surface area contributed by atoms with Gasteiger partial charge < -0.3 is 19.3 Å². The number of likely N-dealkylation sites (tertiary alicyclic amines) is 1. The van der Waals surface area contributed by atoms with Gasteiger partial charge in [-0.2, -0.15) is 0 Å². The summed E-state index contributed by atoms with van der Waals surface area (Å²) in [7, 11) is 7.73. The molecule has 1 atom stereocenters. The molecule has 0 bridgehead atoms. The second kappa shape index (κ2) is 7.36. The predicted molar refractivity (Wildman–Crippen MR) is 96.8 cm³/mol. The Kier molecular flexibility index (Phi) is 5.21. The number of fused-ring (bicyclic) bond motifs is 1. The normalized spacial score (nSPS) is 18.5. The van der Waals surface area contributed by atoms with E-state index in [1.165, 1.54) is 19.5 Å². The lowest BCUT2D eigenvalue weighted by molar-refractivity contribution is 0.262. The van der Waals surface area contributed by atoms with Crippen LogP contribution in [0.4, 0.5) is 0 Å². The highest BCUT2D eigenvalue weighted by atomic mass is 16.5. The molecule has 1 fully saturated rings. The van der Waals surface area contributed by atoms with Crippen LogP contribution in [0, 0.1) is 5.92 Å². The van der Waals surface area contributed by atoms with Crippen LogP contribution in [-0.2, 0) is 6.54 Å². The first-order valence-corrected chi connectivity index (χ1v) is 8.47. The Morgan fingerprint density at radius 2 is 2.08 bits per heavy atom. The van der Waals surface area contributed by atoms with Crippen molar-refractivity contribution in [2.75, 3.05) is 47.9 Å². The molecule has 0 radical (unpaired) electrons. The van der Waals surface area contributed by atoms with E-state index in [9.17, 15) is 0 Å². The summed E-state index contributed by atoms with van der Waals surface area (Å²) in [5.41, 5.74) is 2.03. The summed E-state index contributed by atoms with van der Waals surface area (Å²) in [5.74, 6) is 2.27. The molecule has 0 N–H and O–H groups in total. The molecule has 1 aliphatic heterocycles. The highest BCUT2D eigenvalue weighted by Crippen LogP contribution is 2.26. The molecule has 0 spiro atoms. The lowest BCUT2D eigenvalue weighted by Gasteiger charge is -2.22. The molecule has 1 aromatic heterocycles. The molecular formula is C19H27N3O2. The fourth-order valence-electron chi connectivity index (χ4n) is 3.56. The Hall–Kier alpha value is -1.85. The van der Waals surface area contributed by atoms with Crippen molar-refractivity contribution in [3.63, 3.8) is 0 Å². The molecule has 1 aliphatic rings. The van der Waals surface area contributed by atoms with Crippen molar-refractivity contribution < 1.29 is 9.47 Å². The molecule has 2 heterocycles. The van der Waals surface area contributed by atoms with Gasteiger partial charge in [-0.05, 0) is 51.2 Å². The minimum atomic E-state index is 0.700. The van der Waals surface area contributed by atoms with Gasteiger partial charge in [0.15, 0.2) is 0 Å². The standard InChI is InChI=1S/C19H27N3O2/c1-21-8-7-14(11-21)12-22(2)13-16-9-15-5-6-17(23-3)10-18(15)20-19(16)24-4/h5-6,9-10,14H,7-8,11-13H2,1-4H3/t14-/m1/s1. The molecule has 5 heteroatoms. The fraction of sp³-hybridized carbons (Fsp3) is 0.526. The van der Waals surface area contributed by atoms with Crippen LogP contribution in [-0.4, -0.2) is 62.7 Å². The van der Waals surface area contributed by atoms with Crippen molar-refractivity contribution in [2.45, 2.75) is 13.0 Å². The molecule has 0 aliphatic carbocycles. The molecule has 1 aromatic carbocycles. The third-order valence-electron chi connectivity index (χ3n) is 4.76. The second-order valence-corrected chi connectivity index (χ2v) is 6.83. The molecular weight excluding hydrogens is 302 g/mol. The number of aromatic nitrogens is 1. The van der Waals surface area contributed by atoms with Crippen LogP contribution in [0.25, 0.3) is 10.9 Å². The maximum Gasteiger partial charge on any atom is 0.218 e. The molecule has 0 unspecified atom stereocenters. The van der Waals surface area contributed by atoms with Gasteiger partial charge in [0.2, 0.25) is 5.88 Å². The largest absolute Gasteiger partial charge is 0.497 e. The van der Waals surface area contributed by atoms with E-state index in [0.717, 1.165) is 41.2 Å². The fourth-order valence-corrected chi connectivity index (χ4v) is 3.56. The van der Waals surface area contributed by atoms with Crippen LogP contribution in [0.1, 0.15) is 12.0 Å². The van der Waals surface area contributed by atoms with Gasteiger partial charge in [-0.3, -0.25) is 0 Å². The average molecular weight is 329 g/mol. The van der Waals surface area contributed by atoms with E-state index in [1.54, 1.807) is 14.2 Å². The second-order valence-electron chi connectivity index (χ2n) is 6.83. The maximum absolute atomic E-state index is 5.53. The molecule has 0 amide bonds. The van der Waals surface area contributed by atoms with Gasteiger partial charge in [-0.25, -0.2) is 4.98 Å². The van der Waals surface area contributed by atoms with Crippen molar-refractivity contribution in [2.24, 2.45) is 5.92 Å². The van der Waals surface area contributed by atoms with Crippen molar-refractivity contribution >= 4 is 10.9 Å². The zero-order valence-electron chi connectivity index (χ0n) is 15.1. The number of hydrogen-bond acceptors (Lipinski definition) is 5. The summed E-state index contributed by atoms with van der Waals surface area (Å²) >= 11 is 0. The van der Waals surface area contributed by atoms with E-state index in [1.807, 2.05) is 12.1 Å². The van der Waals surface area contributed by atoms with Crippen LogP contribution in [0.15, 0.2) is 24.3 Å². The van der Waals surface area contributed by atoms with E-state index in [4.69, 9.17) is 9.47 Å². The maximum atomic E-state index is 5.53. The van der Waals surface area contributed by atoms with Gasteiger partial charge in [0.05, 0.1) is 19.7 Å². The van der Waals surface area contributed by atoms with E-state index < -0.39 is 0 Å². The van der Waals surface area contributed by atoms with Crippen molar-refractivity contribution in [3.05, 3.63) is 29.8 Å². The number of rotatable bonds is 6. The first-order valence-electron chi connectivity index (χ1n) is 8.47. The van der Waals surface area contributed by atoms with Gasteiger partial charge >= 0.3 is 0 Å². The molecule has 130 valence electrons. The van der Waals surface area contributed by atoms with E-state index in [2.05, 4.69) is 41.0 Å². The number of benzene rings is 1. The lowest BCUT2D eigenvalue weighted by atomic mass is 10.1. The Labute approximate surface area is 144 Å². The Bertz CT molecular complexity index is 704. The predicted octanol–water partition coefficient (Wildman–Crippen LogP) is 2.64. The van der Waals surface area contributed by atoms with Gasteiger partial charge in [0.1, 0.15) is 5.75 Å². The van der Waals surface area contributed by atoms with Crippen LogP contribution in [0.3, 0.4) is 0 Å². The Balaban J connectivity index is 1.77. The zero-order chi connectivity index (χ0) is 17.1. The van der Waals surface area contributed by atoms with E-state index in [0.29, 0.717) is 5.88 Å². The summed E-state index contributed by atoms with van der Waals surface area (Å²) in [4.78, 5) is 9.44. The molecule has 2 aromatic rings. The molecule has 24 heavy (non-hydrogen) atoms. The summed E-state index contributed by atoms with van der Waals surface area (Å²) in [6.07, 6.45) is 1.29. The van der Waals surface area contributed by atoms with E-state index >= 15 is 0 Å². The Morgan fingerprint density at radius 1 is 1.25 bits per heavy atom. The lowest BCUT2D eigenvalue weighted by Crippen LogP contribution is -2.27. The zero-order valence-corrected chi connectivity index (χ0v) is 15.1. The summed E-state index contributed by atoms with van der Waals surface area (Å²) in [5, 5.41) is 1.11. The number of methoxy groups -OCH3 is 2. The summed E-state index contributed by atoms with van der Waals surface area (Å²) in [6, 6.07) is 8.14. The van der Waals surface area contributed by atoms with Crippen LogP contribution in [0.5, 0.6) is 11.6 Å². The summed E-state index contributed by atoms with van der Waals surface area (Å²) < 4.78 is 10.8. The summed E-state index contributed by atoms with van der Waals surface area (Å²) in [6.45, 7) is 4.35. The highest BCUT2D eigenvalue weighted by Gasteiger charge is 2.21. The topological polar surface area (TPSA) is 37.8 Å². The minimum absolute atomic E-state index is 0.700. The molecule has 0 saturated carbocycles. The quantitative estimate of drug-likeness (QED) is 0.814. The first kappa shape index (κ1) is 17.0. The number of ether oxygens (including phenoxy) is 2. The van der Waals surface area contributed by atoms with E-state index in [-0.39, 0.29) is 0 Å². The smallest absolute Gasteiger partial charge is 0.218 e. The average Bonchev–Trinajstić information content (AvgIpc) is 2.98. The van der Waals surface area contributed by atoms with Crippen molar-refractivity contribution in [1.82, 2.24) is 14.8 Å². The number of nitrogens with zero attached hydrogens (tertiary/aromatic N) is 3. The Morgan fingerprint density at radius 3 is 2.75 bits per heavy atom. The monoisotopic (exact) mass is 329 g/mol. The van der Waals surface area contributed by atoms with Crippen molar-refractivity contribution in [3.8, 4) is 11.6 Å². The van der Waals surface area contributed by atoms with Gasteiger partial charge in [0.25, 0.3) is 0 Å². The molecule has 3 rings (SSSR count). The van der Waals surface area contributed by atoms with Gasteiger partial charge in [0, 0.05) is 36.7 Å². The first-order chi connectivity index (χ1) is 11.6. The molecule has 1 saturated heterocycles. The van der Waals surface area contributed by atoms with Crippen LogP contribution in [0.2, 0.25) is 0 Å². The van der Waals surface area contributed by atoms with Gasteiger partial charge in [-0.15, -0.1) is 0 Å². The van der Waals surface area contributed by atoms with Crippen LogP contribution >= 0.6 is 0 Å². The van der Waals surface area contributed by atoms with Crippen molar-refractivity contribution in [1.29, 1.82) is 0 Å². The third kappa shape index (κ3) is 3.79.